The quantitative estimate of drug-likeness (QED) is 0.617. The number of carbonyl (C=O) groups is 1. The predicted octanol–water partition coefficient (Wildman–Crippen LogP) is 2.37. The molecule has 0 aliphatic carbocycles. The van der Waals surface area contributed by atoms with Crippen LogP contribution in [0.2, 0.25) is 0 Å². The van der Waals surface area contributed by atoms with Crippen LogP contribution in [-0.4, -0.2) is 11.1 Å². The van der Waals surface area contributed by atoms with Gasteiger partial charge >= 0.3 is 5.97 Å². The van der Waals surface area contributed by atoms with E-state index in [1.807, 2.05) is 13.0 Å². The fraction of sp³-hybridized carbons (Fsp3) is 0.444. The van der Waals surface area contributed by atoms with Gasteiger partial charge in [0.15, 0.2) is 0 Å². The molecule has 0 bridgehead atoms. The Labute approximate surface area is 67.2 Å². The summed E-state index contributed by atoms with van der Waals surface area (Å²) in [5, 5.41) is 8.36. The van der Waals surface area contributed by atoms with Crippen LogP contribution in [0, 0.1) is 0 Å². The highest BCUT2D eigenvalue weighted by Crippen LogP contribution is 2.06. The second-order valence-corrected chi connectivity index (χ2v) is 2.29. The molecule has 0 saturated carbocycles. The Morgan fingerprint density at radius 1 is 1.55 bits per heavy atom. The molecule has 0 aliphatic rings. The molecule has 0 unspecified atom stereocenters. The summed E-state index contributed by atoms with van der Waals surface area (Å²) in [7, 11) is 0. The van der Waals surface area contributed by atoms with E-state index in [0.717, 1.165) is 12.0 Å². The van der Waals surface area contributed by atoms with Crippen molar-refractivity contribution in [3.05, 3.63) is 24.3 Å². The van der Waals surface area contributed by atoms with Crippen LogP contribution in [0.25, 0.3) is 0 Å². The molecule has 0 aromatic heterocycles. The number of aliphatic carboxylic acids is 1. The lowest BCUT2D eigenvalue weighted by Crippen LogP contribution is -1.94. The minimum absolute atomic E-state index is 0.192. The fourth-order valence-electron chi connectivity index (χ4n) is 0.801. The van der Waals surface area contributed by atoms with Crippen molar-refractivity contribution < 1.29 is 9.90 Å². The molecule has 0 fully saturated rings. The van der Waals surface area contributed by atoms with Gasteiger partial charge in [0.25, 0.3) is 0 Å². The van der Waals surface area contributed by atoms with Crippen molar-refractivity contribution in [2.24, 2.45) is 0 Å². The minimum Gasteiger partial charge on any atom is -0.481 e. The summed E-state index contributed by atoms with van der Waals surface area (Å²) in [6.45, 7) is 5.61. The standard InChI is InChI=1S/C9H14O2/c1-3-5-8(4-2)6-7-9(10)11/h4-5H,2-3,6-7H2,1H3,(H,10,11)/b8-5+. The average molecular weight is 154 g/mol. The summed E-state index contributed by atoms with van der Waals surface area (Å²) in [4.78, 5) is 10.2. The van der Waals surface area contributed by atoms with Crippen LogP contribution in [0.1, 0.15) is 26.2 Å². The van der Waals surface area contributed by atoms with E-state index in [1.54, 1.807) is 6.08 Å². The Hall–Kier alpha value is -1.05. The highest BCUT2D eigenvalue weighted by atomic mass is 16.4. The van der Waals surface area contributed by atoms with Gasteiger partial charge in [0.05, 0.1) is 0 Å². The maximum atomic E-state index is 10.2. The molecule has 0 aliphatic heterocycles. The zero-order valence-electron chi connectivity index (χ0n) is 6.84. The van der Waals surface area contributed by atoms with Gasteiger partial charge in [-0.1, -0.05) is 31.2 Å². The number of hydrogen-bond donors (Lipinski definition) is 1. The van der Waals surface area contributed by atoms with Gasteiger partial charge < -0.3 is 5.11 Å². The third-order valence-electron chi connectivity index (χ3n) is 1.36. The van der Waals surface area contributed by atoms with Crippen LogP contribution < -0.4 is 0 Å². The van der Waals surface area contributed by atoms with E-state index >= 15 is 0 Å². The van der Waals surface area contributed by atoms with Crippen molar-refractivity contribution >= 4 is 5.97 Å². The molecular formula is C9H14O2. The van der Waals surface area contributed by atoms with Crippen LogP contribution in [-0.2, 0) is 4.79 Å². The first-order valence-electron chi connectivity index (χ1n) is 3.74. The van der Waals surface area contributed by atoms with Gasteiger partial charge in [0.1, 0.15) is 0 Å². The van der Waals surface area contributed by atoms with E-state index in [2.05, 4.69) is 6.58 Å². The fourth-order valence-corrected chi connectivity index (χ4v) is 0.801. The average Bonchev–Trinajstić information content (AvgIpc) is 1.97. The topological polar surface area (TPSA) is 37.3 Å². The zero-order valence-corrected chi connectivity index (χ0v) is 6.84. The third kappa shape index (κ3) is 5.40. The van der Waals surface area contributed by atoms with Crippen molar-refractivity contribution in [2.75, 3.05) is 0 Å². The first-order valence-corrected chi connectivity index (χ1v) is 3.74. The van der Waals surface area contributed by atoms with E-state index < -0.39 is 5.97 Å². The molecule has 0 spiro atoms. The SMILES string of the molecule is C=C/C(=C\CC)CCC(=O)O. The molecular weight excluding hydrogens is 140 g/mol. The number of carboxylic acids is 1. The van der Waals surface area contributed by atoms with Crippen molar-refractivity contribution in [3.63, 3.8) is 0 Å². The number of allylic oxidation sites excluding steroid dienone is 3. The summed E-state index contributed by atoms with van der Waals surface area (Å²) in [5.74, 6) is -0.756. The molecule has 11 heavy (non-hydrogen) atoms. The maximum Gasteiger partial charge on any atom is 0.303 e. The van der Waals surface area contributed by atoms with Crippen molar-refractivity contribution in [3.8, 4) is 0 Å². The number of rotatable bonds is 5. The van der Waals surface area contributed by atoms with E-state index in [9.17, 15) is 4.79 Å². The second kappa shape index (κ2) is 5.71. The third-order valence-corrected chi connectivity index (χ3v) is 1.36. The first kappa shape index (κ1) is 9.95. The predicted molar refractivity (Wildman–Crippen MR) is 45.4 cm³/mol. The van der Waals surface area contributed by atoms with Crippen LogP contribution in [0.5, 0.6) is 0 Å². The molecule has 0 amide bonds. The van der Waals surface area contributed by atoms with Gasteiger partial charge in [0.2, 0.25) is 0 Å². The highest BCUT2D eigenvalue weighted by molar-refractivity contribution is 5.67. The summed E-state index contributed by atoms with van der Waals surface area (Å²) in [5.41, 5.74) is 1.02. The van der Waals surface area contributed by atoms with Gasteiger partial charge in [-0.25, -0.2) is 0 Å². The van der Waals surface area contributed by atoms with Crippen LogP contribution >= 0.6 is 0 Å². The normalized spacial score (nSPS) is 11.2. The Kier molecular flexibility index (Phi) is 5.17. The van der Waals surface area contributed by atoms with Gasteiger partial charge in [0, 0.05) is 6.42 Å². The van der Waals surface area contributed by atoms with Gasteiger partial charge in [-0.2, -0.15) is 0 Å². The number of hydrogen-bond acceptors (Lipinski definition) is 1. The van der Waals surface area contributed by atoms with Crippen molar-refractivity contribution in [1.82, 2.24) is 0 Å². The van der Waals surface area contributed by atoms with Gasteiger partial charge in [-0.3, -0.25) is 4.79 Å². The van der Waals surface area contributed by atoms with Crippen LogP contribution in [0.4, 0.5) is 0 Å². The largest absolute Gasteiger partial charge is 0.481 e. The molecule has 62 valence electrons. The summed E-state index contributed by atoms with van der Waals surface area (Å²) < 4.78 is 0. The Bertz CT molecular complexity index is 168. The summed E-state index contributed by atoms with van der Waals surface area (Å²) in [6.07, 6.45) is 5.42. The molecule has 0 aromatic rings. The molecule has 2 nitrogen and oxygen atoms in total. The Morgan fingerprint density at radius 3 is 2.55 bits per heavy atom. The smallest absolute Gasteiger partial charge is 0.303 e. The number of carboxylic acid groups (broad SMARTS) is 1. The molecule has 0 rings (SSSR count). The molecule has 2 heteroatoms. The Morgan fingerprint density at radius 2 is 2.18 bits per heavy atom. The van der Waals surface area contributed by atoms with E-state index in [-0.39, 0.29) is 6.42 Å². The van der Waals surface area contributed by atoms with Gasteiger partial charge in [-0.05, 0) is 12.8 Å². The lowest BCUT2D eigenvalue weighted by Gasteiger charge is -1.96. The summed E-state index contributed by atoms with van der Waals surface area (Å²) in [6, 6.07) is 0. The van der Waals surface area contributed by atoms with Crippen molar-refractivity contribution in [2.45, 2.75) is 26.2 Å². The van der Waals surface area contributed by atoms with Crippen LogP contribution in [0.3, 0.4) is 0 Å². The first-order chi connectivity index (χ1) is 5.20. The van der Waals surface area contributed by atoms with E-state index in [4.69, 9.17) is 5.11 Å². The molecule has 0 heterocycles. The molecule has 0 saturated heterocycles. The van der Waals surface area contributed by atoms with Crippen LogP contribution in [0.15, 0.2) is 24.3 Å². The zero-order chi connectivity index (χ0) is 8.69. The lowest BCUT2D eigenvalue weighted by molar-refractivity contribution is -0.136. The molecule has 0 aromatic carbocycles. The molecule has 0 atom stereocenters. The maximum absolute atomic E-state index is 10.2. The molecule has 1 N–H and O–H groups in total. The minimum atomic E-state index is -0.756. The lowest BCUT2D eigenvalue weighted by atomic mass is 10.1. The highest BCUT2D eigenvalue weighted by Gasteiger charge is 1.97. The molecule has 0 radical (unpaired) electrons. The monoisotopic (exact) mass is 154 g/mol. The summed E-state index contributed by atoms with van der Waals surface area (Å²) >= 11 is 0. The Balaban J connectivity index is 3.79. The van der Waals surface area contributed by atoms with E-state index in [0.29, 0.717) is 6.42 Å². The van der Waals surface area contributed by atoms with Gasteiger partial charge in [-0.15, -0.1) is 0 Å². The van der Waals surface area contributed by atoms with Crippen molar-refractivity contribution in [1.29, 1.82) is 0 Å². The second-order valence-electron chi connectivity index (χ2n) is 2.29. The van der Waals surface area contributed by atoms with E-state index in [1.165, 1.54) is 0 Å².